The monoisotopic (exact) mass is 311 g/mol. The van der Waals surface area contributed by atoms with E-state index in [1.54, 1.807) is 25.1 Å². The fourth-order valence-corrected chi connectivity index (χ4v) is 3.87. The molecule has 6 nitrogen and oxygen atoms in total. The molecule has 0 bridgehead atoms. The largest absolute Gasteiger partial charge is 0.495 e. The van der Waals surface area contributed by atoms with E-state index in [1.807, 2.05) is 0 Å². The number of carboxylic acid groups (broad SMARTS) is 1. The number of benzene rings is 1. The van der Waals surface area contributed by atoms with Gasteiger partial charge >= 0.3 is 5.97 Å². The van der Waals surface area contributed by atoms with E-state index in [0.717, 1.165) is 5.56 Å². The standard InChI is InChI=1S/C14H17NO5S/c1-10-5-6-12(20-2)13(8-10)21(18,19)15-7-3-4-11(9-15)14(16)17/h4-6,8H,3,7,9H2,1-2H3,(H,16,17). The van der Waals surface area contributed by atoms with Crippen LogP contribution >= 0.6 is 0 Å². The van der Waals surface area contributed by atoms with Gasteiger partial charge in [0, 0.05) is 18.7 Å². The third-order valence-electron chi connectivity index (χ3n) is 3.33. The van der Waals surface area contributed by atoms with Gasteiger partial charge in [-0.15, -0.1) is 0 Å². The van der Waals surface area contributed by atoms with Crippen molar-refractivity contribution in [2.45, 2.75) is 18.2 Å². The smallest absolute Gasteiger partial charge is 0.332 e. The SMILES string of the molecule is COc1ccc(C)cc1S(=O)(=O)N1CCC=C(C(=O)O)C1. The van der Waals surface area contributed by atoms with Gasteiger partial charge in [0.05, 0.1) is 7.11 Å². The van der Waals surface area contributed by atoms with Crippen molar-refractivity contribution in [3.8, 4) is 5.75 Å². The second kappa shape index (κ2) is 5.87. The van der Waals surface area contributed by atoms with Crippen LogP contribution < -0.4 is 4.74 Å². The lowest BCUT2D eigenvalue weighted by atomic mass is 10.1. The summed E-state index contributed by atoms with van der Waals surface area (Å²) in [6, 6.07) is 4.89. The van der Waals surface area contributed by atoms with Crippen LogP contribution in [0.3, 0.4) is 0 Å². The number of aliphatic carboxylic acids is 1. The second-order valence-electron chi connectivity index (χ2n) is 4.82. The van der Waals surface area contributed by atoms with E-state index in [1.165, 1.54) is 17.5 Å². The lowest BCUT2D eigenvalue weighted by Crippen LogP contribution is -2.37. The minimum absolute atomic E-state index is 0.0663. The Morgan fingerprint density at radius 1 is 1.38 bits per heavy atom. The Labute approximate surface area is 123 Å². The second-order valence-corrected chi connectivity index (χ2v) is 6.72. The lowest BCUT2D eigenvalue weighted by Gasteiger charge is -2.26. The van der Waals surface area contributed by atoms with Crippen molar-refractivity contribution in [3.05, 3.63) is 35.4 Å². The summed E-state index contributed by atoms with van der Waals surface area (Å²) in [6.45, 7) is 1.92. The Hall–Kier alpha value is -1.86. The number of carbonyl (C=O) groups is 1. The fourth-order valence-electron chi connectivity index (χ4n) is 2.20. The Bertz CT molecular complexity index is 693. The van der Waals surface area contributed by atoms with Crippen LogP contribution in [0.1, 0.15) is 12.0 Å². The van der Waals surface area contributed by atoms with Crippen LogP contribution in [0.25, 0.3) is 0 Å². The molecule has 0 atom stereocenters. The number of hydrogen-bond acceptors (Lipinski definition) is 4. The van der Waals surface area contributed by atoms with Crippen LogP contribution in [0.15, 0.2) is 34.7 Å². The van der Waals surface area contributed by atoms with Crippen LogP contribution in [-0.4, -0.2) is 44.0 Å². The number of aryl methyl sites for hydroxylation is 1. The summed E-state index contributed by atoms with van der Waals surface area (Å²) in [5.74, 6) is -0.835. The molecule has 0 saturated carbocycles. The Morgan fingerprint density at radius 2 is 2.10 bits per heavy atom. The number of rotatable bonds is 4. The summed E-state index contributed by atoms with van der Waals surface area (Å²) < 4.78 is 31.7. The van der Waals surface area contributed by atoms with Gasteiger partial charge in [-0.3, -0.25) is 0 Å². The maximum absolute atomic E-state index is 12.7. The van der Waals surface area contributed by atoms with E-state index in [9.17, 15) is 13.2 Å². The topological polar surface area (TPSA) is 83.9 Å². The first-order valence-corrected chi connectivity index (χ1v) is 7.87. The minimum atomic E-state index is -3.79. The first-order valence-electron chi connectivity index (χ1n) is 6.43. The summed E-state index contributed by atoms with van der Waals surface area (Å²) in [4.78, 5) is 11.1. The van der Waals surface area contributed by atoms with Crippen LogP contribution in [0.4, 0.5) is 0 Å². The van der Waals surface area contributed by atoms with Gasteiger partial charge in [0.1, 0.15) is 10.6 Å². The maximum Gasteiger partial charge on any atom is 0.332 e. The Morgan fingerprint density at radius 3 is 2.71 bits per heavy atom. The van der Waals surface area contributed by atoms with Gasteiger partial charge in [-0.05, 0) is 31.0 Å². The number of nitrogens with zero attached hydrogens (tertiary/aromatic N) is 1. The molecule has 2 rings (SSSR count). The van der Waals surface area contributed by atoms with Gasteiger partial charge in [0.25, 0.3) is 0 Å². The molecule has 1 aliphatic rings. The molecule has 114 valence electrons. The molecule has 0 fully saturated rings. The third kappa shape index (κ3) is 3.08. The molecule has 1 aromatic rings. The molecule has 1 heterocycles. The highest BCUT2D eigenvalue weighted by Gasteiger charge is 2.31. The van der Waals surface area contributed by atoms with E-state index in [0.29, 0.717) is 6.42 Å². The molecule has 1 aromatic carbocycles. The van der Waals surface area contributed by atoms with Crippen LogP contribution in [0, 0.1) is 6.92 Å². The molecule has 7 heteroatoms. The molecule has 0 spiro atoms. The minimum Gasteiger partial charge on any atom is -0.495 e. The molecule has 0 unspecified atom stereocenters. The van der Waals surface area contributed by atoms with Crippen LogP contribution in [-0.2, 0) is 14.8 Å². The van der Waals surface area contributed by atoms with Crippen molar-refractivity contribution in [2.75, 3.05) is 20.2 Å². The molecule has 0 aliphatic carbocycles. The van der Waals surface area contributed by atoms with Gasteiger partial charge in [-0.1, -0.05) is 12.1 Å². The summed E-state index contributed by atoms with van der Waals surface area (Å²) in [5, 5.41) is 9.02. The molecule has 0 saturated heterocycles. The van der Waals surface area contributed by atoms with Crippen molar-refractivity contribution >= 4 is 16.0 Å². The zero-order valence-corrected chi connectivity index (χ0v) is 12.7. The van der Waals surface area contributed by atoms with Gasteiger partial charge in [-0.25, -0.2) is 13.2 Å². The molecular weight excluding hydrogens is 294 g/mol. The average Bonchev–Trinajstić information content (AvgIpc) is 2.47. The molecule has 0 aromatic heterocycles. The first kappa shape index (κ1) is 15.5. The first-order chi connectivity index (χ1) is 9.86. The summed E-state index contributed by atoms with van der Waals surface area (Å²) in [7, 11) is -2.38. The molecule has 0 radical (unpaired) electrons. The lowest BCUT2D eigenvalue weighted by molar-refractivity contribution is -0.132. The average molecular weight is 311 g/mol. The summed E-state index contributed by atoms with van der Waals surface area (Å²) in [5.41, 5.74) is 0.886. The molecule has 21 heavy (non-hydrogen) atoms. The van der Waals surface area contributed by atoms with Gasteiger partial charge < -0.3 is 9.84 Å². The Kier molecular flexibility index (Phi) is 4.34. The van der Waals surface area contributed by atoms with Crippen molar-refractivity contribution in [2.24, 2.45) is 0 Å². The number of hydrogen-bond donors (Lipinski definition) is 1. The van der Waals surface area contributed by atoms with Crippen molar-refractivity contribution in [1.29, 1.82) is 0 Å². The van der Waals surface area contributed by atoms with E-state index >= 15 is 0 Å². The molecule has 1 aliphatic heterocycles. The summed E-state index contributed by atoms with van der Waals surface area (Å²) in [6.07, 6.45) is 1.94. The fraction of sp³-hybridized carbons (Fsp3) is 0.357. The zero-order valence-electron chi connectivity index (χ0n) is 11.9. The van der Waals surface area contributed by atoms with Gasteiger partial charge in [0.15, 0.2) is 0 Å². The highest BCUT2D eigenvalue weighted by molar-refractivity contribution is 7.89. The van der Waals surface area contributed by atoms with Crippen molar-refractivity contribution in [3.63, 3.8) is 0 Å². The maximum atomic E-state index is 12.7. The van der Waals surface area contributed by atoms with E-state index < -0.39 is 16.0 Å². The number of carboxylic acids is 1. The zero-order chi connectivity index (χ0) is 15.6. The van der Waals surface area contributed by atoms with Gasteiger partial charge in [0.2, 0.25) is 10.0 Å². The number of ether oxygens (including phenoxy) is 1. The van der Waals surface area contributed by atoms with E-state index in [2.05, 4.69) is 0 Å². The van der Waals surface area contributed by atoms with E-state index in [4.69, 9.17) is 9.84 Å². The molecular formula is C14H17NO5S. The molecule has 1 N–H and O–H groups in total. The Balaban J connectivity index is 2.41. The molecule has 0 amide bonds. The van der Waals surface area contributed by atoms with Crippen molar-refractivity contribution < 1.29 is 23.1 Å². The van der Waals surface area contributed by atoms with Crippen LogP contribution in [0.2, 0.25) is 0 Å². The normalized spacial score (nSPS) is 16.4. The number of methoxy groups -OCH3 is 1. The quantitative estimate of drug-likeness (QED) is 0.909. The third-order valence-corrected chi connectivity index (χ3v) is 5.19. The van der Waals surface area contributed by atoms with E-state index in [-0.39, 0.29) is 29.3 Å². The van der Waals surface area contributed by atoms with Gasteiger partial charge in [-0.2, -0.15) is 4.31 Å². The predicted octanol–water partition coefficient (Wildman–Crippen LogP) is 1.41. The highest BCUT2D eigenvalue weighted by Crippen LogP contribution is 2.29. The summed E-state index contributed by atoms with van der Waals surface area (Å²) >= 11 is 0. The van der Waals surface area contributed by atoms with Crippen LogP contribution in [0.5, 0.6) is 5.75 Å². The highest BCUT2D eigenvalue weighted by atomic mass is 32.2. The number of sulfonamides is 1. The predicted molar refractivity (Wildman–Crippen MR) is 76.8 cm³/mol. The van der Waals surface area contributed by atoms with Crippen molar-refractivity contribution in [1.82, 2.24) is 4.31 Å².